The lowest BCUT2D eigenvalue weighted by Crippen LogP contribution is -2.48. The van der Waals surface area contributed by atoms with Crippen LogP contribution in [0.15, 0.2) is 73.1 Å². The van der Waals surface area contributed by atoms with Gasteiger partial charge in [0.25, 0.3) is 5.91 Å². The molecule has 1 amide bonds. The van der Waals surface area contributed by atoms with Gasteiger partial charge < -0.3 is 4.90 Å². The summed E-state index contributed by atoms with van der Waals surface area (Å²) in [6.45, 7) is 3.93. The maximum Gasteiger partial charge on any atom is 0.254 e. The van der Waals surface area contributed by atoms with E-state index >= 15 is 0 Å². The Bertz CT molecular complexity index is 1030. The minimum absolute atomic E-state index is 0.0249. The van der Waals surface area contributed by atoms with Crippen LogP contribution in [0.25, 0.3) is 11.1 Å². The van der Waals surface area contributed by atoms with Gasteiger partial charge in [0, 0.05) is 56.2 Å². The Morgan fingerprint density at radius 1 is 0.897 bits per heavy atom. The van der Waals surface area contributed by atoms with E-state index in [0.717, 1.165) is 30.8 Å². The van der Waals surface area contributed by atoms with Crippen LogP contribution in [0.1, 0.15) is 21.5 Å². The van der Waals surface area contributed by atoms with E-state index in [1.54, 1.807) is 6.07 Å². The molecule has 29 heavy (non-hydrogen) atoms. The second-order valence-electron chi connectivity index (χ2n) is 7.13. The van der Waals surface area contributed by atoms with Crippen LogP contribution >= 0.6 is 0 Å². The average Bonchev–Trinajstić information content (AvgIpc) is 2.80. The zero-order valence-corrected chi connectivity index (χ0v) is 16.2. The van der Waals surface area contributed by atoms with Crippen molar-refractivity contribution in [1.29, 1.82) is 5.26 Å². The molecule has 2 heterocycles. The Labute approximate surface area is 170 Å². The minimum atomic E-state index is 0.0249. The molecule has 0 N–H and O–H groups in total. The van der Waals surface area contributed by atoms with E-state index < -0.39 is 0 Å². The molecule has 5 heteroatoms. The van der Waals surface area contributed by atoms with Gasteiger partial charge in [-0.15, -0.1) is 0 Å². The summed E-state index contributed by atoms with van der Waals surface area (Å²) in [4.78, 5) is 21.6. The van der Waals surface area contributed by atoms with Gasteiger partial charge in [-0.3, -0.25) is 14.7 Å². The molecule has 0 saturated carbocycles. The lowest BCUT2D eigenvalue weighted by atomic mass is 9.95. The zero-order valence-electron chi connectivity index (χ0n) is 16.2. The molecule has 5 nitrogen and oxygen atoms in total. The third-order valence-electron chi connectivity index (χ3n) is 5.31. The Hall–Kier alpha value is -3.49. The van der Waals surface area contributed by atoms with Crippen molar-refractivity contribution in [3.8, 4) is 17.2 Å². The monoisotopic (exact) mass is 382 g/mol. The summed E-state index contributed by atoms with van der Waals surface area (Å²) in [5.41, 5.74) is 4.08. The van der Waals surface area contributed by atoms with Gasteiger partial charge in [0.15, 0.2) is 0 Å². The predicted octanol–water partition coefficient (Wildman–Crippen LogP) is 3.58. The summed E-state index contributed by atoms with van der Waals surface area (Å²) >= 11 is 0. The number of pyridine rings is 1. The molecule has 1 aromatic heterocycles. The molecule has 144 valence electrons. The summed E-state index contributed by atoms with van der Waals surface area (Å²) in [5, 5.41) is 9.45. The van der Waals surface area contributed by atoms with E-state index in [4.69, 9.17) is 0 Å². The van der Waals surface area contributed by atoms with Gasteiger partial charge in [0.2, 0.25) is 0 Å². The first kappa shape index (κ1) is 18.9. The molecule has 0 radical (unpaired) electrons. The van der Waals surface area contributed by atoms with E-state index in [-0.39, 0.29) is 5.91 Å². The van der Waals surface area contributed by atoms with Crippen molar-refractivity contribution in [3.63, 3.8) is 0 Å². The van der Waals surface area contributed by atoms with Crippen LogP contribution in [-0.4, -0.2) is 46.9 Å². The van der Waals surface area contributed by atoms with Crippen molar-refractivity contribution in [2.75, 3.05) is 26.2 Å². The molecule has 0 unspecified atom stereocenters. The maximum absolute atomic E-state index is 13.3. The number of aromatic nitrogens is 1. The Morgan fingerprint density at radius 2 is 1.55 bits per heavy atom. The molecular formula is C24H22N4O. The van der Waals surface area contributed by atoms with Gasteiger partial charge in [0.05, 0.1) is 11.6 Å². The van der Waals surface area contributed by atoms with Crippen LogP contribution in [0.2, 0.25) is 0 Å². The third kappa shape index (κ3) is 4.18. The Balaban J connectivity index is 1.49. The van der Waals surface area contributed by atoms with Crippen LogP contribution < -0.4 is 0 Å². The second kappa shape index (κ2) is 8.68. The lowest BCUT2D eigenvalue weighted by molar-refractivity contribution is 0.0629. The van der Waals surface area contributed by atoms with Gasteiger partial charge in [-0.1, -0.05) is 36.4 Å². The maximum atomic E-state index is 13.3. The second-order valence-corrected chi connectivity index (χ2v) is 7.13. The van der Waals surface area contributed by atoms with Crippen LogP contribution in [0.5, 0.6) is 0 Å². The smallest absolute Gasteiger partial charge is 0.254 e. The molecular weight excluding hydrogens is 360 g/mol. The van der Waals surface area contributed by atoms with Crippen molar-refractivity contribution >= 4 is 5.91 Å². The fourth-order valence-corrected chi connectivity index (χ4v) is 3.75. The molecule has 1 aliphatic heterocycles. The number of carbonyl (C=O) groups excluding carboxylic acids is 1. The highest BCUT2D eigenvalue weighted by Crippen LogP contribution is 2.28. The number of piperazine rings is 1. The summed E-state index contributed by atoms with van der Waals surface area (Å²) in [6.07, 6.45) is 3.62. The highest BCUT2D eigenvalue weighted by Gasteiger charge is 2.24. The minimum Gasteiger partial charge on any atom is -0.336 e. The van der Waals surface area contributed by atoms with Crippen LogP contribution in [0, 0.1) is 11.3 Å². The number of benzene rings is 2. The summed E-state index contributed by atoms with van der Waals surface area (Å²) < 4.78 is 0. The number of rotatable bonds is 4. The molecule has 2 aromatic carbocycles. The molecule has 0 spiro atoms. The molecule has 0 atom stereocenters. The molecule has 1 fully saturated rings. The van der Waals surface area contributed by atoms with E-state index in [9.17, 15) is 10.1 Å². The highest BCUT2D eigenvalue weighted by atomic mass is 16.2. The predicted molar refractivity (Wildman–Crippen MR) is 112 cm³/mol. The third-order valence-corrected chi connectivity index (χ3v) is 5.31. The van der Waals surface area contributed by atoms with Crippen molar-refractivity contribution < 1.29 is 4.79 Å². The van der Waals surface area contributed by atoms with Crippen molar-refractivity contribution in [3.05, 3.63) is 89.7 Å². The fraction of sp³-hybridized carbons (Fsp3) is 0.208. The van der Waals surface area contributed by atoms with Gasteiger partial charge >= 0.3 is 0 Å². The SMILES string of the molecule is N#Cc1ccccc1-c1ccccc1C(=O)N1CCN(Cc2ccncc2)CC1. The number of hydrogen-bond acceptors (Lipinski definition) is 4. The molecule has 1 saturated heterocycles. The largest absolute Gasteiger partial charge is 0.336 e. The molecule has 0 bridgehead atoms. The van der Waals surface area contributed by atoms with Gasteiger partial charge in [-0.05, 0) is 35.4 Å². The standard InChI is InChI=1S/C24H22N4O/c25-17-20-5-1-2-6-21(20)22-7-3-4-8-23(22)24(29)28-15-13-27(14-16-28)18-19-9-11-26-12-10-19/h1-12H,13-16,18H2. The molecule has 0 aliphatic carbocycles. The van der Waals surface area contributed by atoms with Gasteiger partial charge in [-0.2, -0.15) is 5.26 Å². The lowest BCUT2D eigenvalue weighted by Gasteiger charge is -2.35. The van der Waals surface area contributed by atoms with E-state index in [1.165, 1.54) is 5.56 Å². The number of nitriles is 1. The number of hydrogen-bond donors (Lipinski definition) is 0. The first-order chi connectivity index (χ1) is 14.3. The molecule has 4 rings (SSSR count). The number of amides is 1. The molecule has 3 aromatic rings. The van der Waals surface area contributed by atoms with Crippen molar-refractivity contribution in [2.24, 2.45) is 0 Å². The zero-order chi connectivity index (χ0) is 20.1. The summed E-state index contributed by atoms with van der Waals surface area (Å²) in [5.74, 6) is 0.0249. The van der Waals surface area contributed by atoms with Crippen LogP contribution in [0.4, 0.5) is 0 Å². The fourth-order valence-electron chi connectivity index (χ4n) is 3.75. The van der Waals surface area contributed by atoms with E-state index in [0.29, 0.717) is 24.2 Å². The Kier molecular flexibility index (Phi) is 5.64. The first-order valence-electron chi connectivity index (χ1n) is 9.75. The normalized spacial score (nSPS) is 14.4. The summed E-state index contributed by atoms with van der Waals surface area (Å²) in [7, 11) is 0. The van der Waals surface area contributed by atoms with Crippen molar-refractivity contribution in [2.45, 2.75) is 6.54 Å². The van der Waals surface area contributed by atoms with E-state index in [1.807, 2.05) is 71.9 Å². The average molecular weight is 382 g/mol. The van der Waals surface area contributed by atoms with Gasteiger partial charge in [-0.25, -0.2) is 0 Å². The number of nitrogens with zero attached hydrogens (tertiary/aromatic N) is 4. The molecule has 1 aliphatic rings. The van der Waals surface area contributed by atoms with Gasteiger partial charge in [0.1, 0.15) is 0 Å². The number of carbonyl (C=O) groups is 1. The van der Waals surface area contributed by atoms with Crippen LogP contribution in [0.3, 0.4) is 0 Å². The Morgan fingerprint density at radius 3 is 2.28 bits per heavy atom. The van der Waals surface area contributed by atoms with Crippen LogP contribution in [-0.2, 0) is 6.54 Å². The first-order valence-corrected chi connectivity index (χ1v) is 9.75. The highest BCUT2D eigenvalue weighted by molar-refractivity contribution is 6.01. The van der Waals surface area contributed by atoms with E-state index in [2.05, 4.69) is 16.0 Å². The topological polar surface area (TPSA) is 60.2 Å². The van der Waals surface area contributed by atoms with Crippen molar-refractivity contribution in [1.82, 2.24) is 14.8 Å². The summed E-state index contributed by atoms with van der Waals surface area (Å²) in [6, 6.07) is 21.3. The quantitative estimate of drug-likeness (QED) is 0.692.